The van der Waals surface area contributed by atoms with Gasteiger partial charge in [-0.05, 0) is 60.4 Å². The first kappa shape index (κ1) is 23.9. The second-order valence-electron chi connectivity index (χ2n) is 8.72. The van der Waals surface area contributed by atoms with Crippen molar-refractivity contribution in [3.05, 3.63) is 94.6 Å². The predicted molar refractivity (Wildman–Crippen MR) is 124 cm³/mol. The van der Waals surface area contributed by atoms with Gasteiger partial charge in [-0.3, -0.25) is 0 Å². The van der Waals surface area contributed by atoms with E-state index < -0.39 is 24.0 Å². The molecule has 0 fully saturated rings. The number of para-hydroxylation sites is 4. The summed E-state index contributed by atoms with van der Waals surface area (Å²) in [5.74, 6) is -1.99. The maximum absolute atomic E-state index is 13.7. The Morgan fingerprint density at radius 3 is 1.33 bits per heavy atom. The summed E-state index contributed by atoms with van der Waals surface area (Å²) in [4.78, 5) is 7.56. The minimum atomic E-state index is -4.64. The van der Waals surface area contributed by atoms with Crippen molar-refractivity contribution >= 4 is 22.1 Å². The Balaban J connectivity index is 1.56. The molecule has 0 aliphatic heterocycles. The van der Waals surface area contributed by atoms with Crippen LogP contribution in [0.4, 0.5) is 26.3 Å². The van der Waals surface area contributed by atoms with Crippen LogP contribution in [0.3, 0.4) is 0 Å². The van der Waals surface area contributed by atoms with Gasteiger partial charge in [0.2, 0.25) is 11.6 Å². The van der Waals surface area contributed by atoms with E-state index in [0.29, 0.717) is 33.3 Å². The summed E-state index contributed by atoms with van der Waals surface area (Å²) in [5, 5.41) is 0. The number of aryl methyl sites for hydroxylation is 2. The van der Waals surface area contributed by atoms with Crippen molar-refractivity contribution in [3.63, 3.8) is 0 Å². The van der Waals surface area contributed by atoms with E-state index in [1.54, 1.807) is 62.4 Å². The van der Waals surface area contributed by atoms with E-state index in [2.05, 4.69) is 9.97 Å². The standard InChI is InChI=1S/C26H20F6N4/c1-15-11-18(14-36-22-10-6-4-8-20(22)34-24(36)26(30,31)32)16(2)12-17(15)13-35-21-9-5-3-7-19(21)33-23(35)25(27,28)29/h3-12H,13-14H2,1-2H3. The minimum absolute atomic E-state index is 0.0792. The van der Waals surface area contributed by atoms with Gasteiger partial charge in [-0.25, -0.2) is 9.97 Å². The number of aromatic nitrogens is 4. The summed E-state index contributed by atoms with van der Waals surface area (Å²) >= 11 is 0. The molecule has 0 amide bonds. The molecule has 0 unspecified atom stereocenters. The molecule has 2 heterocycles. The number of hydrogen-bond acceptors (Lipinski definition) is 2. The molecule has 2 aromatic heterocycles. The molecule has 0 spiro atoms. The number of alkyl halides is 6. The van der Waals surface area contributed by atoms with E-state index in [-0.39, 0.29) is 24.1 Å². The molecule has 0 atom stereocenters. The third kappa shape index (κ3) is 4.20. The maximum Gasteiger partial charge on any atom is 0.449 e. The fraction of sp³-hybridized carbons (Fsp3) is 0.231. The molecule has 0 saturated carbocycles. The smallest absolute Gasteiger partial charge is 0.316 e. The van der Waals surface area contributed by atoms with E-state index >= 15 is 0 Å². The first-order valence-corrected chi connectivity index (χ1v) is 11.1. The number of fused-ring (bicyclic) bond motifs is 2. The van der Waals surface area contributed by atoms with Crippen LogP contribution in [0.2, 0.25) is 0 Å². The van der Waals surface area contributed by atoms with Gasteiger partial charge in [0, 0.05) is 13.1 Å². The van der Waals surface area contributed by atoms with Crippen LogP contribution in [-0.4, -0.2) is 19.1 Å². The van der Waals surface area contributed by atoms with E-state index in [0.717, 1.165) is 9.13 Å². The molecule has 10 heteroatoms. The highest BCUT2D eigenvalue weighted by atomic mass is 19.4. The Bertz CT molecular complexity index is 1470. The number of rotatable bonds is 4. The summed E-state index contributed by atoms with van der Waals surface area (Å²) in [6.07, 6.45) is -9.28. The quantitative estimate of drug-likeness (QED) is 0.245. The third-order valence-electron chi connectivity index (χ3n) is 6.27. The van der Waals surface area contributed by atoms with Crippen LogP contribution in [0.25, 0.3) is 22.1 Å². The molecule has 5 aromatic rings. The first-order chi connectivity index (χ1) is 16.9. The lowest BCUT2D eigenvalue weighted by Crippen LogP contribution is -2.17. The Labute approximate surface area is 201 Å². The third-order valence-corrected chi connectivity index (χ3v) is 6.27. The molecule has 0 radical (unpaired) electrons. The summed E-state index contributed by atoms with van der Waals surface area (Å²) < 4.78 is 84.6. The van der Waals surface area contributed by atoms with Gasteiger partial charge >= 0.3 is 12.4 Å². The number of nitrogens with zero attached hydrogens (tertiary/aromatic N) is 4. The van der Waals surface area contributed by atoms with Crippen molar-refractivity contribution in [2.24, 2.45) is 0 Å². The molecule has 36 heavy (non-hydrogen) atoms. The molecule has 0 N–H and O–H groups in total. The lowest BCUT2D eigenvalue weighted by Gasteiger charge is -2.17. The second-order valence-corrected chi connectivity index (χ2v) is 8.72. The monoisotopic (exact) mass is 502 g/mol. The van der Waals surface area contributed by atoms with Crippen molar-refractivity contribution < 1.29 is 26.3 Å². The Kier molecular flexibility index (Phi) is 5.57. The number of hydrogen-bond donors (Lipinski definition) is 0. The topological polar surface area (TPSA) is 35.6 Å². The molecule has 0 saturated heterocycles. The summed E-state index contributed by atoms with van der Waals surface area (Å²) in [5.41, 5.74) is 3.76. The lowest BCUT2D eigenvalue weighted by atomic mass is 9.99. The average molecular weight is 502 g/mol. The summed E-state index contributed by atoms with van der Waals surface area (Å²) in [6, 6.07) is 16.2. The second kappa shape index (κ2) is 8.39. The Morgan fingerprint density at radius 2 is 0.972 bits per heavy atom. The average Bonchev–Trinajstić information content (AvgIpc) is 3.36. The molecule has 5 rings (SSSR count). The Hall–Kier alpha value is -3.82. The number of imidazole rings is 2. The van der Waals surface area contributed by atoms with Crippen molar-refractivity contribution in [1.29, 1.82) is 0 Å². The van der Waals surface area contributed by atoms with Crippen LogP contribution in [-0.2, 0) is 25.4 Å². The van der Waals surface area contributed by atoms with E-state index in [4.69, 9.17) is 0 Å². The molecular formula is C26H20F6N4. The Morgan fingerprint density at radius 1 is 0.611 bits per heavy atom. The molecule has 0 aliphatic rings. The molecule has 4 nitrogen and oxygen atoms in total. The SMILES string of the molecule is Cc1cc(Cn2c(C(F)(F)F)nc3ccccc32)c(C)cc1Cn1c(C(F)(F)F)nc2ccccc21. The van der Waals surface area contributed by atoms with E-state index in [1.807, 2.05) is 0 Å². The summed E-state index contributed by atoms with van der Waals surface area (Å²) in [7, 11) is 0. The predicted octanol–water partition coefficient (Wildman–Crippen LogP) is 7.14. The zero-order chi connectivity index (χ0) is 25.8. The molecule has 3 aromatic carbocycles. The number of halogens is 6. The lowest BCUT2D eigenvalue weighted by molar-refractivity contribution is -0.147. The minimum Gasteiger partial charge on any atom is -0.316 e. The summed E-state index contributed by atoms with van der Waals surface area (Å²) in [6.45, 7) is 3.32. The normalized spacial score (nSPS) is 12.7. The van der Waals surface area contributed by atoms with Gasteiger partial charge in [-0.1, -0.05) is 36.4 Å². The van der Waals surface area contributed by atoms with Gasteiger partial charge in [0.05, 0.1) is 22.1 Å². The fourth-order valence-electron chi connectivity index (χ4n) is 4.52. The maximum atomic E-state index is 13.7. The molecule has 0 bridgehead atoms. The van der Waals surface area contributed by atoms with Gasteiger partial charge in [0.15, 0.2) is 0 Å². The molecule has 186 valence electrons. The largest absolute Gasteiger partial charge is 0.449 e. The van der Waals surface area contributed by atoms with Crippen LogP contribution in [0, 0.1) is 13.8 Å². The van der Waals surface area contributed by atoms with Gasteiger partial charge in [0.1, 0.15) is 0 Å². The fourth-order valence-corrected chi connectivity index (χ4v) is 4.52. The van der Waals surface area contributed by atoms with Gasteiger partial charge in [0.25, 0.3) is 0 Å². The van der Waals surface area contributed by atoms with E-state index in [9.17, 15) is 26.3 Å². The first-order valence-electron chi connectivity index (χ1n) is 11.1. The van der Waals surface area contributed by atoms with Crippen LogP contribution in [0.5, 0.6) is 0 Å². The van der Waals surface area contributed by atoms with Gasteiger partial charge in [-0.15, -0.1) is 0 Å². The highest BCUT2D eigenvalue weighted by Crippen LogP contribution is 2.34. The van der Waals surface area contributed by atoms with Crippen molar-refractivity contribution in [1.82, 2.24) is 19.1 Å². The number of benzene rings is 3. The molecule has 0 aliphatic carbocycles. The zero-order valence-corrected chi connectivity index (χ0v) is 19.2. The van der Waals surface area contributed by atoms with Crippen molar-refractivity contribution in [2.75, 3.05) is 0 Å². The van der Waals surface area contributed by atoms with Gasteiger partial charge in [-0.2, -0.15) is 26.3 Å². The van der Waals surface area contributed by atoms with Crippen LogP contribution in [0.1, 0.15) is 33.9 Å². The van der Waals surface area contributed by atoms with Crippen molar-refractivity contribution in [2.45, 2.75) is 39.3 Å². The van der Waals surface area contributed by atoms with Crippen molar-refractivity contribution in [3.8, 4) is 0 Å². The van der Waals surface area contributed by atoms with E-state index in [1.165, 1.54) is 12.1 Å². The molecular weight excluding hydrogens is 482 g/mol. The van der Waals surface area contributed by atoms with Crippen LogP contribution in [0.15, 0.2) is 60.7 Å². The van der Waals surface area contributed by atoms with Crippen LogP contribution >= 0.6 is 0 Å². The van der Waals surface area contributed by atoms with Gasteiger partial charge < -0.3 is 9.13 Å². The highest BCUT2D eigenvalue weighted by molar-refractivity contribution is 5.77. The highest BCUT2D eigenvalue weighted by Gasteiger charge is 2.38. The van der Waals surface area contributed by atoms with Crippen LogP contribution < -0.4 is 0 Å². The zero-order valence-electron chi connectivity index (χ0n) is 19.2.